The smallest absolute Gasteiger partial charge is 0.351 e. The molecule has 0 amide bonds. The number of aromatic nitrogens is 1. The summed E-state index contributed by atoms with van der Waals surface area (Å²) in [7, 11) is 0. The van der Waals surface area contributed by atoms with Gasteiger partial charge in [-0.3, -0.25) is 4.79 Å². The molecular weight excluding hydrogens is 379 g/mol. The predicted molar refractivity (Wildman–Crippen MR) is 104 cm³/mol. The summed E-state index contributed by atoms with van der Waals surface area (Å²) < 4.78 is 46.3. The molecule has 6 heteroatoms. The van der Waals surface area contributed by atoms with Gasteiger partial charge in [-0.25, -0.2) is 0 Å². The summed E-state index contributed by atoms with van der Waals surface area (Å²) in [5, 5.41) is 3.58. The third kappa shape index (κ3) is 3.53. The molecule has 3 nitrogen and oxygen atoms in total. The first-order valence-electron chi connectivity index (χ1n) is 9.01. The van der Waals surface area contributed by atoms with Crippen LogP contribution in [-0.4, -0.2) is 10.9 Å². The minimum absolute atomic E-state index is 0.238. The number of fused-ring (bicyclic) bond motifs is 1. The van der Waals surface area contributed by atoms with Gasteiger partial charge < -0.3 is 4.52 Å². The normalized spacial score (nSPS) is 13.6. The van der Waals surface area contributed by atoms with Crippen LogP contribution in [0.1, 0.15) is 39.2 Å². The van der Waals surface area contributed by atoms with Gasteiger partial charge in [0, 0.05) is 11.1 Å². The molecule has 0 N–H and O–H groups in total. The lowest BCUT2D eigenvalue weighted by molar-refractivity contribution is -0.137. The number of hydrogen-bond acceptors (Lipinski definition) is 3. The lowest BCUT2D eigenvalue weighted by atomic mass is 9.88. The van der Waals surface area contributed by atoms with Gasteiger partial charge in [-0.2, -0.15) is 13.2 Å². The van der Waals surface area contributed by atoms with Gasteiger partial charge in [0.15, 0.2) is 0 Å². The lowest BCUT2D eigenvalue weighted by Crippen LogP contribution is -2.15. The van der Waals surface area contributed by atoms with Crippen molar-refractivity contribution >= 4 is 17.9 Å². The van der Waals surface area contributed by atoms with Crippen LogP contribution >= 0.6 is 0 Å². The number of ketones is 1. The first-order valence-corrected chi connectivity index (χ1v) is 9.01. The van der Waals surface area contributed by atoms with E-state index >= 15 is 0 Å². The molecule has 146 valence electrons. The fraction of sp³-hybridized carbons (Fsp3) is 0.130. The van der Waals surface area contributed by atoms with E-state index in [2.05, 4.69) is 11.7 Å². The Bertz CT molecular complexity index is 1120. The van der Waals surface area contributed by atoms with E-state index in [1.807, 2.05) is 18.2 Å². The van der Waals surface area contributed by atoms with Crippen LogP contribution in [0, 0.1) is 0 Å². The zero-order valence-corrected chi connectivity index (χ0v) is 15.3. The van der Waals surface area contributed by atoms with Gasteiger partial charge in [0.1, 0.15) is 11.3 Å². The van der Waals surface area contributed by atoms with Crippen molar-refractivity contribution in [3.63, 3.8) is 0 Å². The number of hydrogen-bond donors (Lipinski definition) is 0. The van der Waals surface area contributed by atoms with E-state index in [1.54, 1.807) is 30.4 Å². The highest BCUT2D eigenvalue weighted by molar-refractivity contribution is 6.11. The second-order valence-electron chi connectivity index (χ2n) is 6.76. The summed E-state index contributed by atoms with van der Waals surface area (Å²) in [6.07, 6.45) is -0.554. The number of allylic oxidation sites excluding steroid dienone is 1. The zero-order chi connectivity index (χ0) is 20.6. The van der Waals surface area contributed by atoms with Crippen LogP contribution in [0.5, 0.6) is 0 Å². The largest absolute Gasteiger partial charge is 0.422 e. The quantitative estimate of drug-likeness (QED) is 0.493. The molecule has 3 aromatic rings. The van der Waals surface area contributed by atoms with E-state index < -0.39 is 23.3 Å². The molecule has 1 aliphatic carbocycles. The molecule has 0 unspecified atom stereocenters. The van der Waals surface area contributed by atoms with Gasteiger partial charge in [-0.1, -0.05) is 66.3 Å². The second-order valence-corrected chi connectivity index (χ2v) is 6.76. The van der Waals surface area contributed by atoms with Crippen molar-refractivity contribution in [2.75, 3.05) is 0 Å². The average Bonchev–Trinajstić information content (AvgIpc) is 3.19. The molecule has 1 aromatic heterocycles. The number of rotatable bonds is 4. The van der Waals surface area contributed by atoms with E-state index in [4.69, 9.17) is 4.52 Å². The van der Waals surface area contributed by atoms with Crippen molar-refractivity contribution in [2.24, 2.45) is 0 Å². The molecule has 0 saturated heterocycles. The summed E-state index contributed by atoms with van der Waals surface area (Å²) in [4.78, 5) is 12.9. The number of nitrogens with zero attached hydrogens (tertiary/aromatic N) is 1. The summed E-state index contributed by atoms with van der Waals surface area (Å²) in [5.74, 6) is -1.56. The molecule has 1 heterocycles. The van der Waals surface area contributed by atoms with Crippen molar-refractivity contribution in [3.8, 4) is 11.3 Å². The summed E-state index contributed by atoms with van der Waals surface area (Å²) >= 11 is 0. The first kappa shape index (κ1) is 18.9. The van der Waals surface area contributed by atoms with Crippen LogP contribution in [0.15, 0.2) is 65.2 Å². The Labute approximate surface area is 165 Å². The van der Waals surface area contributed by atoms with Crippen molar-refractivity contribution in [1.82, 2.24) is 5.16 Å². The highest BCUT2D eigenvalue weighted by Crippen LogP contribution is 2.40. The first-order chi connectivity index (χ1) is 13.9. The Kier molecular flexibility index (Phi) is 4.70. The fourth-order valence-corrected chi connectivity index (χ4v) is 3.47. The summed E-state index contributed by atoms with van der Waals surface area (Å²) in [6.45, 7) is 3.73. The van der Waals surface area contributed by atoms with Gasteiger partial charge in [0.2, 0.25) is 11.5 Å². The van der Waals surface area contributed by atoms with Gasteiger partial charge >= 0.3 is 6.18 Å². The van der Waals surface area contributed by atoms with Crippen LogP contribution in [-0.2, 0) is 12.6 Å². The van der Waals surface area contributed by atoms with Crippen LogP contribution in [0.3, 0.4) is 0 Å². The van der Waals surface area contributed by atoms with Gasteiger partial charge in [-0.05, 0) is 35.6 Å². The van der Waals surface area contributed by atoms with E-state index in [-0.39, 0.29) is 16.8 Å². The minimum atomic E-state index is -4.78. The standard InChI is InChI=1S/C23H16F3NO2/c1-2-14-8-9-17-13-18(11-10-16(17)12-14)21(28)22-19(23(24,25)26)20(27-29-22)15-6-4-3-5-7-15/h2-9,12-13H,1,10-11H2. The molecule has 0 fully saturated rings. The maximum Gasteiger partial charge on any atom is 0.422 e. The molecule has 2 aromatic carbocycles. The Balaban J connectivity index is 1.77. The van der Waals surface area contributed by atoms with Crippen molar-refractivity contribution in [1.29, 1.82) is 0 Å². The third-order valence-corrected chi connectivity index (χ3v) is 4.92. The van der Waals surface area contributed by atoms with Gasteiger partial charge in [0.25, 0.3) is 0 Å². The summed E-state index contributed by atoms with van der Waals surface area (Å²) in [6, 6.07) is 13.5. The number of carbonyl (C=O) groups is 1. The molecule has 0 bridgehead atoms. The molecule has 0 radical (unpaired) electrons. The number of benzene rings is 2. The number of alkyl halides is 3. The highest BCUT2D eigenvalue weighted by atomic mass is 19.4. The number of halogens is 3. The van der Waals surface area contributed by atoms with Crippen molar-refractivity contribution in [3.05, 3.63) is 88.7 Å². The monoisotopic (exact) mass is 395 g/mol. The second kappa shape index (κ2) is 7.20. The maximum atomic E-state index is 13.8. The molecular formula is C23H16F3NO2. The lowest BCUT2D eigenvalue weighted by Gasteiger charge is -2.16. The predicted octanol–water partition coefficient (Wildman–Crippen LogP) is 6.22. The minimum Gasteiger partial charge on any atom is -0.351 e. The SMILES string of the molecule is C=Cc1ccc2c(c1)CCC(C(=O)c1onc(-c3ccccc3)c1C(F)(F)F)=C2. The summed E-state index contributed by atoms with van der Waals surface area (Å²) in [5.41, 5.74) is 1.78. The van der Waals surface area contributed by atoms with Crippen LogP contribution < -0.4 is 0 Å². The van der Waals surface area contributed by atoms with E-state index in [0.29, 0.717) is 12.8 Å². The Hall–Kier alpha value is -3.41. The number of aryl methyl sites for hydroxylation is 1. The van der Waals surface area contributed by atoms with E-state index in [0.717, 1.165) is 16.7 Å². The molecule has 0 atom stereocenters. The molecule has 0 spiro atoms. The molecule has 29 heavy (non-hydrogen) atoms. The molecule has 1 aliphatic rings. The molecule has 0 saturated carbocycles. The average molecular weight is 395 g/mol. The van der Waals surface area contributed by atoms with E-state index in [9.17, 15) is 18.0 Å². The Morgan fingerprint density at radius 3 is 2.55 bits per heavy atom. The topological polar surface area (TPSA) is 43.1 Å². The molecule has 4 rings (SSSR count). The van der Waals surface area contributed by atoms with Crippen LogP contribution in [0.4, 0.5) is 13.2 Å². The van der Waals surface area contributed by atoms with Gasteiger partial charge in [0.05, 0.1) is 0 Å². The van der Waals surface area contributed by atoms with Crippen molar-refractivity contribution in [2.45, 2.75) is 19.0 Å². The van der Waals surface area contributed by atoms with Gasteiger partial charge in [-0.15, -0.1) is 0 Å². The zero-order valence-electron chi connectivity index (χ0n) is 15.3. The van der Waals surface area contributed by atoms with Crippen molar-refractivity contribution < 1.29 is 22.5 Å². The molecule has 0 aliphatic heterocycles. The van der Waals surface area contributed by atoms with Crippen LogP contribution in [0.25, 0.3) is 23.4 Å². The fourth-order valence-electron chi connectivity index (χ4n) is 3.47. The highest BCUT2D eigenvalue weighted by Gasteiger charge is 2.43. The van der Waals surface area contributed by atoms with E-state index in [1.165, 1.54) is 12.1 Å². The Morgan fingerprint density at radius 2 is 1.86 bits per heavy atom. The third-order valence-electron chi connectivity index (χ3n) is 4.92. The Morgan fingerprint density at radius 1 is 1.10 bits per heavy atom. The number of carbonyl (C=O) groups excluding carboxylic acids is 1. The van der Waals surface area contributed by atoms with Crippen LogP contribution in [0.2, 0.25) is 0 Å². The number of Topliss-reactive ketones (excluding diaryl/α,β-unsaturated/α-hetero) is 1. The maximum absolute atomic E-state index is 13.8.